The van der Waals surface area contributed by atoms with Crippen LogP contribution in [0, 0.1) is 11.3 Å². The molecule has 1 heterocycles. The van der Waals surface area contributed by atoms with Gasteiger partial charge in [-0.15, -0.1) is 0 Å². The van der Waals surface area contributed by atoms with Crippen molar-refractivity contribution in [2.45, 2.75) is 33.2 Å². The number of likely N-dealkylation sites (N-methyl/N-ethyl adjacent to an activating group) is 1. The lowest BCUT2D eigenvalue weighted by Crippen LogP contribution is -2.35. The smallest absolute Gasteiger partial charge is 0.255 e. The van der Waals surface area contributed by atoms with Crippen molar-refractivity contribution in [1.82, 2.24) is 15.2 Å². The third-order valence-electron chi connectivity index (χ3n) is 5.92. The van der Waals surface area contributed by atoms with Crippen LogP contribution in [0.1, 0.15) is 48.2 Å². The van der Waals surface area contributed by atoms with Gasteiger partial charge < -0.3 is 20.3 Å². The number of unbranched alkanes of at least 4 members (excludes halogenated alkanes) is 1. The summed E-state index contributed by atoms with van der Waals surface area (Å²) in [4.78, 5) is 20.0. The summed E-state index contributed by atoms with van der Waals surface area (Å²) < 4.78 is 5.23. The number of fused-ring (bicyclic) bond motifs is 1. The Morgan fingerprint density at radius 1 is 1.20 bits per heavy atom. The zero-order valence-electron chi connectivity index (χ0n) is 20.5. The van der Waals surface area contributed by atoms with Gasteiger partial charge in [0.2, 0.25) is 0 Å². The zero-order chi connectivity index (χ0) is 25.2. The molecular formula is C27H32ClN5O2. The van der Waals surface area contributed by atoms with E-state index in [1.54, 1.807) is 31.5 Å². The first kappa shape index (κ1) is 26.3. The fourth-order valence-electron chi connectivity index (χ4n) is 3.87. The van der Waals surface area contributed by atoms with Crippen LogP contribution in [0.15, 0.2) is 42.6 Å². The van der Waals surface area contributed by atoms with Crippen molar-refractivity contribution in [3.8, 4) is 11.8 Å². The molecule has 3 rings (SSSR count). The number of amides is 1. The molecule has 1 aromatic heterocycles. The largest absolute Gasteiger partial charge is 0.495 e. The van der Waals surface area contributed by atoms with E-state index in [2.05, 4.69) is 40.4 Å². The number of ether oxygens (including phenoxy) is 1. The van der Waals surface area contributed by atoms with Gasteiger partial charge in [0, 0.05) is 31.2 Å². The molecule has 2 N–H and O–H groups in total. The molecule has 1 amide bonds. The van der Waals surface area contributed by atoms with Crippen LogP contribution in [0.25, 0.3) is 10.9 Å². The maximum atomic E-state index is 13.2. The van der Waals surface area contributed by atoms with Crippen molar-refractivity contribution >= 4 is 34.1 Å². The predicted octanol–water partition coefficient (Wildman–Crippen LogP) is 5.23. The Morgan fingerprint density at radius 3 is 2.71 bits per heavy atom. The van der Waals surface area contributed by atoms with E-state index in [0.717, 1.165) is 43.4 Å². The molecule has 0 fully saturated rings. The molecule has 7 nitrogen and oxygen atoms in total. The number of anilines is 1. The molecule has 0 bridgehead atoms. The zero-order valence-corrected chi connectivity index (χ0v) is 21.3. The standard InChI is InChI=1S/C27H32ClN5O2/c1-4-6-12-33(5-2)13-11-30-27(34)22-18-31-24-9-7-19(16-29)14-21(24)26(22)32-17-20-8-10-25(35-3)23(28)15-20/h7-10,14-15,18H,4-6,11-13,17H2,1-3H3,(H,30,34)(H,31,32). The Kier molecular flexibility index (Phi) is 9.71. The number of nitriles is 1. The van der Waals surface area contributed by atoms with Gasteiger partial charge in [-0.25, -0.2) is 0 Å². The maximum Gasteiger partial charge on any atom is 0.255 e. The third-order valence-corrected chi connectivity index (χ3v) is 6.21. The number of benzene rings is 2. The monoisotopic (exact) mass is 493 g/mol. The average molecular weight is 494 g/mol. The number of nitrogens with zero attached hydrogens (tertiary/aromatic N) is 3. The Hall–Kier alpha value is -3.34. The number of hydrogen-bond donors (Lipinski definition) is 2. The second kappa shape index (κ2) is 12.9. The lowest BCUT2D eigenvalue weighted by molar-refractivity contribution is 0.0949. The number of hydrogen-bond acceptors (Lipinski definition) is 6. The van der Waals surface area contributed by atoms with Crippen molar-refractivity contribution in [3.05, 3.63) is 64.3 Å². The van der Waals surface area contributed by atoms with Crippen LogP contribution in [-0.2, 0) is 6.54 Å². The number of carbonyl (C=O) groups excluding carboxylic acids is 1. The fourth-order valence-corrected chi connectivity index (χ4v) is 4.15. The topological polar surface area (TPSA) is 90.3 Å². The quantitative estimate of drug-likeness (QED) is 0.359. The Balaban J connectivity index is 1.85. The molecule has 0 radical (unpaired) electrons. The molecule has 3 aromatic rings. The molecule has 2 aromatic carbocycles. The molecule has 0 saturated carbocycles. The summed E-state index contributed by atoms with van der Waals surface area (Å²) >= 11 is 6.29. The highest BCUT2D eigenvalue weighted by Crippen LogP contribution is 2.29. The van der Waals surface area contributed by atoms with Crippen molar-refractivity contribution in [1.29, 1.82) is 5.26 Å². The lowest BCUT2D eigenvalue weighted by Gasteiger charge is -2.20. The van der Waals surface area contributed by atoms with Gasteiger partial charge in [-0.1, -0.05) is 37.9 Å². The lowest BCUT2D eigenvalue weighted by atomic mass is 10.1. The highest BCUT2D eigenvalue weighted by molar-refractivity contribution is 6.32. The number of methoxy groups -OCH3 is 1. The number of pyridine rings is 1. The molecular weight excluding hydrogens is 462 g/mol. The first-order chi connectivity index (χ1) is 17.0. The predicted molar refractivity (Wildman–Crippen MR) is 141 cm³/mol. The number of rotatable bonds is 12. The SMILES string of the molecule is CCCCN(CC)CCNC(=O)c1cnc2ccc(C#N)cc2c1NCc1ccc(OC)c(Cl)c1. The summed E-state index contributed by atoms with van der Waals surface area (Å²) in [5.41, 5.74) is 3.20. The van der Waals surface area contributed by atoms with E-state index in [-0.39, 0.29) is 5.91 Å². The molecule has 35 heavy (non-hydrogen) atoms. The number of nitrogens with one attached hydrogen (secondary N) is 2. The van der Waals surface area contributed by atoms with Gasteiger partial charge in [-0.3, -0.25) is 9.78 Å². The minimum Gasteiger partial charge on any atom is -0.495 e. The van der Waals surface area contributed by atoms with Crippen LogP contribution >= 0.6 is 11.6 Å². The highest BCUT2D eigenvalue weighted by atomic mass is 35.5. The molecule has 0 saturated heterocycles. The molecule has 0 aliphatic rings. The molecule has 0 atom stereocenters. The van der Waals surface area contributed by atoms with E-state index in [4.69, 9.17) is 16.3 Å². The Bertz CT molecular complexity index is 1210. The van der Waals surface area contributed by atoms with E-state index >= 15 is 0 Å². The first-order valence-corrected chi connectivity index (χ1v) is 12.3. The summed E-state index contributed by atoms with van der Waals surface area (Å²) in [7, 11) is 1.57. The van der Waals surface area contributed by atoms with Gasteiger partial charge in [0.25, 0.3) is 5.91 Å². The highest BCUT2D eigenvalue weighted by Gasteiger charge is 2.17. The van der Waals surface area contributed by atoms with Crippen LogP contribution in [0.2, 0.25) is 5.02 Å². The normalized spacial score (nSPS) is 10.9. The van der Waals surface area contributed by atoms with Gasteiger partial charge in [-0.2, -0.15) is 5.26 Å². The van der Waals surface area contributed by atoms with E-state index in [9.17, 15) is 10.1 Å². The van der Waals surface area contributed by atoms with Crippen molar-refractivity contribution in [2.75, 3.05) is 38.6 Å². The van der Waals surface area contributed by atoms with Crippen LogP contribution in [-0.4, -0.2) is 49.1 Å². The third kappa shape index (κ3) is 6.84. The minimum absolute atomic E-state index is 0.205. The molecule has 0 aliphatic heterocycles. The van der Waals surface area contributed by atoms with Crippen LogP contribution in [0.3, 0.4) is 0 Å². The van der Waals surface area contributed by atoms with Gasteiger partial charge in [0.05, 0.1) is 40.5 Å². The van der Waals surface area contributed by atoms with Crippen LogP contribution in [0.5, 0.6) is 5.75 Å². The molecule has 0 unspecified atom stereocenters. The van der Waals surface area contributed by atoms with Crippen molar-refractivity contribution < 1.29 is 9.53 Å². The Morgan fingerprint density at radius 2 is 2.03 bits per heavy atom. The summed E-state index contributed by atoms with van der Waals surface area (Å²) in [6.45, 7) is 8.03. The van der Waals surface area contributed by atoms with Crippen molar-refractivity contribution in [2.24, 2.45) is 0 Å². The van der Waals surface area contributed by atoms with Gasteiger partial charge in [0.15, 0.2) is 0 Å². The van der Waals surface area contributed by atoms with E-state index in [0.29, 0.717) is 46.2 Å². The van der Waals surface area contributed by atoms with E-state index in [1.807, 2.05) is 18.2 Å². The maximum absolute atomic E-state index is 13.2. The number of halogens is 1. The second-order valence-electron chi connectivity index (χ2n) is 8.26. The van der Waals surface area contributed by atoms with E-state index in [1.165, 1.54) is 0 Å². The number of aromatic nitrogens is 1. The van der Waals surface area contributed by atoms with Gasteiger partial charge in [0.1, 0.15) is 5.75 Å². The molecule has 8 heteroatoms. The second-order valence-corrected chi connectivity index (χ2v) is 8.66. The molecule has 0 aliphatic carbocycles. The van der Waals surface area contributed by atoms with Crippen molar-refractivity contribution in [3.63, 3.8) is 0 Å². The summed E-state index contributed by atoms with van der Waals surface area (Å²) in [6.07, 6.45) is 3.87. The summed E-state index contributed by atoms with van der Waals surface area (Å²) in [5, 5.41) is 17.1. The number of carbonyl (C=O) groups is 1. The van der Waals surface area contributed by atoms with Crippen LogP contribution < -0.4 is 15.4 Å². The minimum atomic E-state index is -0.205. The average Bonchev–Trinajstić information content (AvgIpc) is 2.88. The van der Waals surface area contributed by atoms with E-state index < -0.39 is 0 Å². The Labute approximate surface area is 212 Å². The van der Waals surface area contributed by atoms with Gasteiger partial charge in [-0.05, 0) is 55.4 Å². The first-order valence-electron chi connectivity index (χ1n) is 11.9. The van der Waals surface area contributed by atoms with Crippen LogP contribution in [0.4, 0.5) is 5.69 Å². The fraction of sp³-hybridized carbons (Fsp3) is 0.370. The molecule has 0 spiro atoms. The summed E-state index contributed by atoms with van der Waals surface area (Å²) in [5.74, 6) is 0.395. The molecule has 184 valence electrons. The summed E-state index contributed by atoms with van der Waals surface area (Å²) in [6, 6.07) is 13.0. The van der Waals surface area contributed by atoms with Gasteiger partial charge >= 0.3 is 0 Å².